The molecule has 0 aromatic carbocycles. The Morgan fingerprint density at radius 2 is 2.40 bits per heavy atom. The second-order valence-electron chi connectivity index (χ2n) is 3.52. The standard InChI is InChI=1S/C9H17N5O/c1-2-3-7(10)8-6-14(13-12-8)5-4-9(11)15/h6-7H,2-5,10H2,1H3,(H2,11,15). The summed E-state index contributed by atoms with van der Waals surface area (Å²) < 4.78 is 1.59. The highest BCUT2D eigenvalue weighted by Crippen LogP contribution is 2.11. The minimum atomic E-state index is -0.343. The molecule has 6 nitrogen and oxygen atoms in total. The fourth-order valence-electron chi connectivity index (χ4n) is 1.28. The molecule has 84 valence electrons. The first kappa shape index (κ1) is 11.6. The Morgan fingerprint density at radius 1 is 1.67 bits per heavy atom. The Kier molecular flexibility index (Phi) is 4.23. The summed E-state index contributed by atoms with van der Waals surface area (Å²) in [6, 6.07) is -0.0719. The van der Waals surface area contributed by atoms with Crippen LogP contribution in [0.2, 0.25) is 0 Å². The molecule has 0 aliphatic carbocycles. The van der Waals surface area contributed by atoms with E-state index in [0.29, 0.717) is 6.54 Å². The van der Waals surface area contributed by atoms with Crippen molar-refractivity contribution in [3.05, 3.63) is 11.9 Å². The molecule has 1 atom stereocenters. The molecule has 0 spiro atoms. The van der Waals surface area contributed by atoms with Crippen molar-refractivity contribution >= 4 is 5.91 Å². The molecule has 0 aliphatic heterocycles. The van der Waals surface area contributed by atoms with Gasteiger partial charge in [-0.15, -0.1) is 5.10 Å². The molecule has 1 aromatic rings. The van der Waals surface area contributed by atoms with Crippen LogP contribution in [0.3, 0.4) is 0 Å². The van der Waals surface area contributed by atoms with Crippen LogP contribution in [-0.4, -0.2) is 20.9 Å². The van der Waals surface area contributed by atoms with Crippen molar-refractivity contribution < 1.29 is 4.79 Å². The van der Waals surface area contributed by atoms with E-state index < -0.39 is 0 Å². The fraction of sp³-hybridized carbons (Fsp3) is 0.667. The van der Waals surface area contributed by atoms with Crippen molar-refractivity contribution in [3.63, 3.8) is 0 Å². The lowest BCUT2D eigenvalue weighted by Gasteiger charge is -2.04. The minimum absolute atomic E-state index is 0.0719. The summed E-state index contributed by atoms with van der Waals surface area (Å²) in [5.74, 6) is -0.343. The van der Waals surface area contributed by atoms with Crippen LogP contribution in [0.25, 0.3) is 0 Å². The van der Waals surface area contributed by atoms with Crippen molar-refractivity contribution in [2.45, 2.75) is 38.8 Å². The van der Waals surface area contributed by atoms with Gasteiger partial charge in [0.15, 0.2) is 0 Å². The third kappa shape index (κ3) is 3.67. The molecular weight excluding hydrogens is 194 g/mol. The number of primary amides is 1. The van der Waals surface area contributed by atoms with Crippen LogP contribution in [-0.2, 0) is 11.3 Å². The molecule has 0 saturated carbocycles. The Balaban J connectivity index is 2.51. The molecule has 4 N–H and O–H groups in total. The molecule has 1 unspecified atom stereocenters. The van der Waals surface area contributed by atoms with Crippen molar-refractivity contribution in [1.82, 2.24) is 15.0 Å². The van der Waals surface area contributed by atoms with Gasteiger partial charge in [0.25, 0.3) is 0 Å². The van der Waals surface area contributed by atoms with E-state index in [1.54, 1.807) is 10.9 Å². The maximum atomic E-state index is 10.6. The first-order valence-electron chi connectivity index (χ1n) is 5.07. The Hall–Kier alpha value is -1.43. The number of rotatable bonds is 6. The Morgan fingerprint density at radius 3 is 3.00 bits per heavy atom. The minimum Gasteiger partial charge on any atom is -0.370 e. The van der Waals surface area contributed by atoms with Gasteiger partial charge in [0.2, 0.25) is 5.91 Å². The SMILES string of the molecule is CCCC(N)c1cn(CCC(N)=O)nn1. The zero-order chi connectivity index (χ0) is 11.3. The van der Waals surface area contributed by atoms with Crippen molar-refractivity contribution in [2.75, 3.05) is 0 Å². The first-order valence-corrected chi connectivity index (χ1v) is 5.07. The van der Waals surface area contributed by atoms with Gasteiger partial charge in [-0.3, -0.25) is 9.48 Å². The van der Waals surface area contributed by atoms with Gasteiger partial charge in [-0.2, -0.15) is 0 Å². The van der Waals surface area contributed by atoms with Crippen LogP contribution in [0.4, 0.5) is 0 Å². The van der Waals surface area contributed by atoms with Crippen LogP contribution < -0.4 is 11.5 Å². The molecule has 1 amide bonds. The normalized spacial score (nSPS) is 12.7. The van der Waals surface area contributed by atoms with Crippen molar-refractivity contribution in [3.8, 4) is 0 Å². The van der Waals surface area contributed by atoms with Gasteiger partial charge >= 0.3 is 0 Å². The number of hydrogen-bond donors (Lipinski definition) is 2. The fourth-order valence-corrected chi connectivity index (χ4v) is 1.28. The first-order chi connectivity index (χ1) is 7.13. The average Bonchev–Trinajstić information content (AvgIpc) is 2.63. The predicted molar refractivity (Wildman–Crippen MR) is 55.7 cm³/mol. The quantitative estimate of drug-likeness (QED) is 0.689. The number of nitrogens with zero attached hydrogens (tertiary/aromatic N) is 3. The van der Waals surface area contributed by atoms with Gasteiger partial charge in [0.1, 0.15) is 0 Å². The molecular formula is C9H17N5O. The van der Waals surface area contributed by atoms with Crippen LogP contribution >= 0.6 is 0 Å². The second-order valence-corrected chi connectivity index (χ2v) is 3.52. The molecule has 0 saturated heterocycles. The number of aryl methyl sites for hydroxylation is 1. The largest absolute Gasteiger partial charge is 0.370 e. The molecule has 0 bridgehead atoms. The molecule has 1 heterocycles. The number of hydrogen-bond acceptors (Lipinski definition) is 4. The van der Waals surface area contributed by atoms with Gasteiger partial charge in [0, 0.05) is 6.42 Å². The summed E-state index contributed by atoms with van der Waals surface area (Å²) in [4.78, 5) is 10.6. The Bertz CT molecular complexity index is 322. The topological polar surface area (TPSA) is 99.8 Å². The lowest BCUT2D eigenvalue weighted by atomic mass is 10.1. The highest BCUT2D eigenvalue weighted by atomic mass is 16.1. The summed E-state index contributed by atoms with van der Waals surface area (Å²) in [7, 11) is 0. The lowest BCUT2D eigenvalue weighted by molar-refractivity contribution is -0.118. The van der Waals surface area contributed by atoms with Crippen LogP contribution in [0, 0.1) is 0 Å². The molecule has 6 heteroatoms. The summed E-state index contributed by atoms with van der Waals surface area (Å²) >= 11 is 0. The molecule has 15 heavy (non-hydrogen) atoms. The third-order valence-electron chi connectivity index (χ3n) is 2.12. The van der Waals surface area contributed by atoms with Crippen molar-refractivity contribution in [2.24, 2.45) is 11.5 Å². The van der Waals surface area contributed by atoms with Gasteiger partial charge in [-0.1, -0.05) is 18.6 Å². The number of carbonyl (C=O) groups is 1. The maximum Gasteiger partial charge on any atom is 0.219 e. The molecule has 0 aliphatic rings. The van der Waals surface area contributed by atoms with Gasteiger partial charge in [-0.25, -0.2) is 0 Å². The Labute approximate surface area is 88.6 Å². The number of aromatic nitrogens is 3. The molecule has 1 aromatic heterocycles. The van der Waals surface area contributed by atoms with E-state index in [-0.39, 0.29) is 18.4 Å². The third-order valence-corrected chi connectivity index (χ3v) is 2.12. The zero-order valence-electron chi connectivity index (χ0n) is 8.89. The van der Waals surface area contributed by atoms with E-state index in [2.05, 4.69) is 17.2 Å². The predicted octanol–water partition coefficient (Wildman–Crippen LogP) is -0.0466. The van der Waals surface area contributed by atoms with E-state index in [0.717, 1.165) is 18.5 Å². The van der Waals surface area contributed by atoms with Crippen LogP contribution in [0.15, 0.2) is 6.20 Å². The lowest BCUT2D eigenvalue weighted by Crippen LogP contribution is -2.14. The highest BCUT2D eigenvalue weighted by Gasteiger charge is 2.09. The molecule has 0 radical (unpaired) electrons. The van der Waals surface area contributed by atoms with E-state index in [4.69, 9.17) is 11.5 Å². The van der Waals surface area contributed by atoms with Gasteiger partial charge in [-0.05, 0) is 6.42 Å². The summed E-state index contributed by atoms with van der Waals surface area (Å²) in [6.45, 7) is 2.53. The monoisotopic (exact) mass is 211 g/mol. The maximum absolute atomic E-state index is 10.6. The van der Waals surface area contributed by atoms with Crippen molar-refractivity contribution in [1.29, 1.82) is 0 Å². The molecule has 0 fully saturated rings. The molecule has 1 rings (SSSR count). The number of carbonyl (C=O) groups excluding carboxylic acids is 1. The number of amides is 1. The van der Waals surface area contributed by atoms with Gasteiger partial charge in [0.05, 0.1) is 24.5 Å². The zero-order valence-corrected chi connectivity index (χ0v) is 8.89. The summed E-state index contributed by atoms with van der Waals surface area (Å²) in [6.07, 6.45) is 3.93. The van der Waals surface area contributed by atoms with Crippen LogP contribution in [0.1, 0.15) is 37.9 Å². The van der Waals surface area contributed by atoms with E-state index in [1.807, 2.05) is 0 Å². The second kappa shape index (κ2) is 5.45. The summed E-state index contributed by atoms with van der Waals surface area (Å²) in [5, 5.41) is 7.82. The number of nitrogens with two attached hydrogens (primary N) is 2. The van der Waals surface area contributed by atoms with Gasteiger partial charge < -0.3 is 11.5 Å². The van der Waals surface area contributed by atoms with Crippen LogP contribution in [0.5, 0.6) is 0 Å². The highest BCUT2D eigenvalue weighted by molar-refractivity contribution is 5.73. The summed E-state index contributed by atoms with van der Waals surface area (Å²) in [5.41, 5.74) is 11.7. The van der Waals surface area contributed by atoms with E-state index in [1.165, 1.54) is 0 Å². The van der Waals surface area contributed by atoms with E-state index in [9.17, 15) is 4.79 Å². The van der Waals surface area contributed by atoms with E-state index >= 15 is 0 Å². The average molecular weight is 211 g/mol. The smallest absolute Gasteiger partial charge is 0.219 e.